The Bertz CT molecular complexity index is 911. The van der Waals surface area contributed by atoms with Gasteiger partial charge in [0.2, 0.25) is 11.8 Å². The first-order valence-corrected chi connectivity index (χ1v) is 10.1. The molecule has 3 rings (SSSR count). The smallest absolute Gasteiger partial charge is 0.413 e. The summed E-state index contributed by atoms with van der Waals surface area (Å²) in [6, 6.07) is 6.47. The summed E-state index contributed by atoms with van der Waals surface area (Å²) >= 11 is 1.11. The van der Waals surface area contributed by atoms with E-state index < -0.39 is 52.0 Å². The molecule has 0 aromatic heterocycles. The molecule has 0 spiro atoms. The minimum atomic E-state index is -1.27. The molecule has 2 aliphatic rings. The predicted molar refractivity (Wildman–Crippen MR) is 107 cm³/mol. The third-order valence-electron chi connectivity index (χ3n) is 4.76. The first-order valence-electron chi connectivity index (χ1n) is 9.27. The zero-order valence-corrected chi connectivity index (χ0v) is 17.5. The van der Waals surface area contributed by atoms with Crippen LogP contribution in [-0.2, 0) is 23.9 Å². The van der Waals surface area contributed by atoms with Crippen molar-refractivity contribution in [1.82, 2.24) is 15.5 Å². The number of hydrogen-bond acceptors (Lipinski definition) is 8. The van der Waals surface area contributed by atoms with Crippen molar-refractivity contribution in [2.75, 3.05) is 13.2 Å². The van der Waals surface area contributed by atoms with Gasteiger partial charge in [0.25, 0.3) is 5.91 Å². The molecule has 0 radical (unpaired) electrons. The van der Waals surface area contributed by atoms with Crippen molar-refractivity contribution < 1.29 is 38.6 Å². The highest BCUT2D eigenvalue weighted by Gasteiger charge is 2.66. The number of ether oxygens (including phenoxy) is 2. The number of nitrogens with one attached hydrogen (secondary N) is 2. The Morgan fingerprint density at radius 1 is 1.23 bits per heavy atom. The molecule has 11 nitrogen and oxygen atoms in total. The summed E-state index contributed by atoms with van der Waals surface area (Å²) in [6.45, 7) is 2.01. The molecule has 1 aromatic carbocycles. The SMILES string of the molecule is CC(=O)NC(=O)OC[C@]1(C)SC2[C@H](NC(=O)COc3ccccc3)C(=O)N2[C@H]1C(=O)O. The maximum atomic E-state index is 12.6. The van der Waals surface area contributed by atoms with Crippen molar-refractivity contribution in [3.05, 3.63) is 30.3 Å². The van der Waals surface area contributed by atoms with Crippen LogP contribution in [0.15, 0.2) is 30.3 Å². The molecule has 2 aliphatic heterocycles. The molecular weight excluding hydrogens is 430 g/mol. The summed E-state index contributed by atoms with van der Waals surface area (Å²) in [4.78, 5) is 60.3. The van der Waals surface area contributed by atoms with Crippen molar-refractivity contribution in [3.8, 4) is 5.75 Å². The molecular formula is C19H21N3O8S. The van der Waals surface area contributed by atoms with Crippen molar-refractivity contribution >= 4 is 41.5 Å². The second-order valence-corrected chi connectivity index (χ2v) is 8.86. The van der Waals surface area contributed by atoms with Crippen molar-refractivity contribution in [3.63, 3.8) is 0 Å². The Kier molecular flexibility index (Phi) is 6.39. The Morgan fingerprint density at radius 2 is 1.90 bits per heavy atom. The minimum Gasteiger partial charge on any atom is -0.484 e. The Labute approximate surface area is 181 Å². The van der Waals surface area contributed by atoms with Crippen LogP contribution in [0.2, 0.25) is 0 Å². The second kappa shape index (κ2) is 8.84. The number of nitrogens with zero attached hydrogens (tertiary/aromatic N) is 1. The highest BCUT2D eigenvalue weighted by molar-refractivity contribution is 8.01. The second-order valence-electron chi connectivity index (χ2n) is 7.21. The number of benzene rings is 1. The van der Waals surface area contributed by atoms with E-state index in [9.17, 15) is 29.1 Å². The van der Waals surface area contributed by atoms with Crippen molar-refractivity contribution in [2.24, 2.45) is 0 Å². The number of amides is 4. The zero-order chi connectivity index (χ0) is 22.8. The first-order chi connectivity index (χ1) is 14.6. The fraction of sp³-hybridized carbons (Fsp3) is 0.421. The number of carboxylic acids is 1. The maximum absolute atomic E-state index is 12.6. The quantitative estimate of drug-likeness (QED) is 0.485. The number of imide groups is 1. The number of rotatable bonds is 7. The average Bonchev–Trinajstić information content (AvgIpc) is 2.99. The molecule has 4 atom stereocenters. The average molecular weight is 451 g/mol. The lowest BCUT2D eigenvalue weighted by atomic mass is 9.95. The third kappa shape index (κ3) is 4.74. The van der Waals surface area contributed by atoms with Gasteiger partial charge in [0, 0.05) is 6.92 Å². The monoisotopic (exact) mass is 451 g/mol. The van der Waals surface area contributed by atoms with E-state index in [4.69, 9.17) is 9.47 Å². The van der Waals surface area contributed by atoms with Gasteiger partial charge >= 0.3 is 12.1 Å². The molecule has 31 heavy (non-hydrogen) atoms. The number of alkyl carbamates (subject to hydrolysis) is 1. The van der Waals surface area contributed by atoms with Crippen LogP contribution in [0.4, 0.5) is 4.79 Å². The number of carbonyl (C=O) groups excluding carboxylic acids is 4. The van der Waals surface area contributed by atoms with E-state index in [1.54, 1.807) is 37.3 Å². The minimum absolute atomic E-state index is 0.306. The topological polar surface area (TPSA) is 151 Å². The Hall–Kier alpha value is -3.28. The van der Waals surface area contributed by atoms with Crippen LogP contribution in [0.1, 0.15) is 13.8 Å². The van der Waals surface area contributed by atoms with Crippen LogP contribution in [0, 0.1) is 0 Å². The van der Waals surface area contributed by atoms with Crippen LogP contribution >= 0.6 is 11.8 Å². The number of carboxylic acid groups (broad SMARTS) is 1. The Balaban J connectivity index is 1.62. The standard InChI is InChI=1S/C19H21N3O8S/c1-10(23)20-18(28)30-9-19(2)14(17(26)27)22-15(25)13(16(22)31-19)21-12(24)8-29-11-6-4-3-5-7-11/h3-7,13-14,16H,8-9H2,1-2H3,(H,21,24)(H,26,27)(H,20,23,28)/t13-,14+,16?,19+/m1/s1. The number of β-lactam (4-membered cyclic amide) rings is 1. The summed E-state index contributed by atoms with van der Waals surface area (Å²) < 4.78 is 9.15. The fourth-order valence-electron chi connectivity index (χ4n) is 3.42. The van der Waals surface area contributed by atoms with Crippen LogP contribution < -0.4 is 15.4 Å². The molecule has 12 heteroatoms. The van der Waals surface area contributed by atoms with E-state index in [2.05, 4.69) is 5.32 Å². The van der Waals surface area contributed by atoms with Gasteiger partial charge in [0.15, 0.2) is 6.61 Å². The molecule has 1 aromatic rings. The van der Waals surface area contributed by atoms with Gasteiger partial charge in [-0.3, -0.25) is 19.7 Å². The first kappa shape index (κ1) is 22.4. The molecule has 2 fully saturated rings. The lowest BCUT2D eigenvalue weighted by Crippen LogP contribution is -2.71. The van der Waals surface area contributed by atoms with E-state index in [1.807, 2.05) is 5.32 Å². The third-order valence-corrected chi connectivity index (χ3v) is 6.38. The van der Waals surface area contributed by atoms with Crippen LogP contribution in [0.3, 0.4) is 0 Å². The number of thioether (sulfide) groups is 1. The van der Waals surface area contributed by atoms with E-state index >= 15 is 0 Å². The summed E-state index contributed by atoms with van der Waals surface area (Å²) in [5.74, 6) is -2.47. The van der Waals surface area contributed by atoms with E-state index in [-0.39, 0.29) is 13.2 Å². The van der Waals surface area contributed by atoms with Gasteiger partial charge < -0.3 is 24.8 Å². The van der Waals surface area contributed by atoms with Crippen molar-refractivity contribution in [1.29, 1.82) is 0 Å². The lowest BCUT2D eigenvalue weighted by Gasteiger charge is -2.43. The largest absolute Gasteiger partial charge is 0.484 e. The number of aliphatic carboxylic acids is 1. The van der Waals surface area contributed by atoms with Gasteiger partial charge in [-0.15, -0.1) is 11.8 Å². The molecule has 2 heterocycles. The molecule has 0 aliphatic carbocycles. The molecule has 166 valence electrons. The summed E-state index contributed by atoms with van der Waals surface area (Å²) in [6.07, 6.45) is -1.01. The normalized spacial score (nSPS) is 26.3. The summed E-state index contributed by atoms with van der Waals surface area (Å²) in [7, 11) is 0. The van der Waals surface area contributed by atoms with E-state index in [0.29, 0.717) is 5.75 Å². The van der Waals surface area contributed by atoms with Crippen LogP contribution in [0.5, 0.6) is 5.75 Å². The Morgan fingerprint density at radius 3 is 2.52 bits per heavy atom. The van der Waals surface area contributed by atoms with E-state index in [0.717, 1.165) is 23.6 Å². The van der Waals surface area contributed by atoms with Gasteiger partial charge in [-0.25, -0.2) is 9.59 Å². The van der Waals surface area contributed by atoms with Gasteiger partial charge in [0.1, 0.15) is 29.8 Å². The van der Waals surface area contributed by atoms with Gasteiger partial charge in [0.05, 0.1) is 4.75 Å². The number of fused-ring (bicyclic) bond motifs is 1. The number of carbonyl (C=O) groups is 5. The van der Waals surface area contributed by atoms with E-state index in [1.165, 1.54) is 0 Å². The zero-order valence-electron chi connectivity index (χ0n) is 16.7. The van der Waals surface area contributed by atoms with Crippen LogP contribution in [0.25, 0.3) is 0 Å². The molecule has 2 saturated heterocycles. The maximum Gasteiger partial charge on any atom is 0.413 e. The molecule has 4 amide bonds. The highest BCUT2D eigenvalue weighted by Crippen LogP contribution is 2.51. The predicted octanol–water partition coefficient (Wildman–Crippen LogP) is -0.0501. The van der Waals surface area contributed by atoms with Gasteiger partial charge in [-0.05, 0) is 19.1 Å². The highest BCUT2D eigenvalue weighted by atomic mass is 32.2. The molecule has 0 saturated carbocycles. The molecule has 1 unspecified atom stereocenters. The molecule has 0 bridgehead atoms. The fourth-order valence-corrected chi connectivity index (χ4v) is 5.10. The van der Waals surface area contributed by atoms with Crippen molar-refractivity contribution in [2.45, 2.75) is 36.1 Å². The van der Waals surface area contributed by atoms with Gasteiger partial charge in [-0.2, -0.15) is 0 Å². The summed E-state index contributed by atoms with van der Waals surface area (Å²) in [5, 5.41) is 13.5. The van der Waals surface area contributed by atoms with Crippen LogP contribution in [-0.4, -0.2) is 75.2 Å². The number of hydrogen-bond donors (Lipinski definition) is 3. The number of para-hydroxylation sites is 1. The lowest BCUT2D eigenvalue weighted by molar-refractivity contribution is -0.161. The van der Waals surface area contributed by atoms with Gasteiger partial charge in [-0.1, -0.05) is 18.2 Å². The molecule has 3 N–H and O–H groups in total. The summed E-state index contributed by atoms with van der Waals surface area (Å²) in [5.41, 5.74) is 0.